The lowest BCUT2D eigenvalue weighted by molar-refractivity contribution is 0.318. The molecule has 21 heavy (non-hydrogen) atoms. The van der Waals surface area contributed by atoms with Crippen molar-refractivity contribution in [1.29, 1.82) is 0 Å². The van der Waals surface area contributed by atoms with Crippen molar-refractivity contribution >= 4 is 15.7 Å². The number of piperidine rings is 1. The number of aromatic nitrogens is 1. The number of anilines is 1. The zero-order valence-corrected chi connectivity index (χ0v) is 12.8. The van der Waals surface area contributed by atoms with E-state index in [-0.39, 0.29) is 11.3 Å². The summed E-state index contributed by atoms with van der Waals surface area (Å²) in [6.45, 7) is 1.96. The van der Waals surface area contributed by atoms with Gasteiger partial charge in [-0.05, 0) is 56.8 Å². The molecule has 0 spiro atoms. The van der Waals surface area contributed by atoms with Crippen LogP contribution in [0.25, 0.3) is 0 Å². The summed E-state index contributed by atoms with van der Waals surface area (Å²) in [4.78, 5) is 4.32. The number of nitrogens with one attached hydrogen (secondary N) is 2. The van der Waals surface area contributed by atoms with Crippen molar-refractivity contribution in [2.45, 2.75) is 37.0 Å². The van der Waals surface area contributed by atoms with Gasteiger partial charge in [-0.3, -0.25) is 9.71 Å². The lowest BCUT2D eigenvalue weighted by Gasteiger charge is -2.27. The van der Waals surface area contributed by atoms with Crippen LogP contribution in [0.15, 0.2) is 18.3 Å². The molecule has 6 nitrogen and oxygen atoms in total. The molecule has 0 bridgehead atoms. The predicted octanol–water partition coefficient (Wildman–Crippen LogP) is 0.985. The molecule has 2 fully saturated rings. The summed E-state index contributed by atoms with van der Waals surface area (Å²) in [7, 11) is -3.24. The van der Waals surface area contributed by atoms with Crippen LogP contribution < -0.4 is 15.8 Å². The number of nitrogens with zero attached hydrogens (tertiary/aromatic N) is 1. The van der Waals surface area contributed by atoms with E-state index in [1.165, 1.54) is 0 Å². The van der Waals surface area contributed by atoms with Crippen molar-refractivity contribution in [3.8, 4) is 0 Å². The lowest BCUT2D eigenvalue weighted by Crippen LogP contribution is -2.34. The Morgan fingerprint density at radius 3 is 2.67 bits per heavy atom. The van der Waals surface area contributed by atoms with Crippen molar-refractivity contribution in [2.24, 2.45) is 11.7 Å². The second kappa shape index (κ2) is 5.90. The minimum Gasteiger partial charge on any atom is -0.322 e. The summed E-state index contributed by atoms with van der Waals surface area (Å²) in [5, 5.41) is 3.09. The van der Waals surface area contributed by atoms with Gasteiger partial charge in [0.15, 0.2) is 0 Å². The molecule has 1 aliphatic carbocycles. The largest absolute Gasteiger partial charge is 0.322 e. The number of rotatable bonds is 5. The summed E-state index contributed by atoms with van der Waals surface area (Å²) in [5.74, 6) is 0.397. The van der Waals surface area contributed by atoms with Gasteiger partial charge in [0.25, 0.3) is 0 Å². The average molecular weight is 310 g/mol. The molecule has 4 N–H and O–H groups in total. The molecule has 1 aromatic heterocycles. The lowest BCUT2D eigenvalue weighted by atomic mass is 9.88. The molecule has 0 radical (unpaired) electrons. The monoisotopic (exact) mass is 310 g/mol. The fraction of sp³-hybridized carbons (Fsp3) is 0.643. The number of pyridine rings is 1. The molecule has 2 aliphatic rings. The van der Waals surface area contributed by atoms with Gasteiger partial charge in [0, 0.05) is 6.20 Å². The second-order valence-electron chi connectivity index (χ2n) is 5.93. The molecule has 3 rings (SSSR count). The van der Waals surface area contributed by atoms with Crippen molar-refractivity contribution in [3.05, 3.63) is 24.0 Å². The van der Waals surface area contributed by atoms with Crippen LogP contribution in [-0.4, -0.2) is 31.7 Å². The molecule has 7 heteroatoms. The first-order valence-electron chi connectivity index (χ1n) is 7.50. The second-order valence-corrected chi connectivity index (χ2v) is 7.89. The van der Waals surface area contributed by atoms with Crippen molar-refractivity contribution < 1.29 is 8.42 Å². The van der Waals surface area contributed by atoms with Crippen LogP contribution in [0.1, 0.15) is 37.4 Å². The Hall–Kier alpha value is -1.18. The summed E-state index contributed by atoms with van der Waals surface area (Å²) in [6, 6.07) is 3.31. The zero-order chi connectivity index (χ0) is 14.9. The highest BCUT2D eigenvalue weighted by atomic mass is 32.2. The van der Waals surface area contributed by atoms with Gasteiger partial charge in [-0.25, -0.2) is 8.42 Å². The van der Waals surface area contributed by atoms with E-state index >= 15 is 0 Å². The van der Waals surface area contributed by atoms with Gasteiger partial charge in [0.1, 0.15) is 0 Å². The van der Waals surface area contributed by atoms with Crippen molar-refractivity contribution in [2.75, 3.05) is 17.8 Å². The number of hydrogen-bond acceptors (Lipinski definition) is 5. The molecule has 1 unspecified atom stereocenters. The minimum absolute atomic E-state index is 0.141. The van der Waals surface area contributed by atoms with Gasteiger partial charge in [-0.2, -0.15) is 0 Å². The third kappa shape index (κ3) is 3.53. The van der Waals surface area contributed by atoms with E-state index in [2.05, 4.69) is 15.0 Å². The molecule has 116 valence electrons. The van der Waals surface area contributed by atoms with E-state index in [1.54, 1.807) is 18.3 Å². The number of nitrogens with two attached hydrogens (primary N) is 1. The summed E-state index contributed by atoms with van der Waals surface area (Å²) in [5.41, 5.74) is 7.63. The molecule has 0 amide bonds. The molecule has 0 aromatic carbocycles. The highest BCUT2D eigenvalue weighted by Gasteiger charge is 2.35. The van der Waals surface area contributed by atoms with Crippen molar-refractivity contribution in [1.82, 2.24) is 10.3 Å². The Balaban J connectivity index is 1.73. The standard InChI is InChI=1S/C14H22N4O2S/c15-14(10-3-6-16-7-4-10)13-9-11(5-8-17-13)18-21(19,20)12-1-2-12/h5,8-10,12,14,16H,1-4,6-7,15H2,(H,17,18). The third-order valence-electron chi connectivity index (χ3n) is 4.24. The Bertz CT molecular complexity index is 595. The molecule has 1 saturated heterocycles. The van der Waals surface area contributed by atoms with Gasteiger partial charge in [-0.1, -0.05) is 0 Å². The smallest absolute Gasteiger partial charge is 0.235 e. The van der Waals surface area contributed by atoms with Crippen LogP contribution in [0.4, 0.5) is 5.69 Å². The van der Waals surface area contributed by atoms with E-state index < -0.39 is 10.0 Å². The molecule has 1 saturated carbocycles. The van der Waals surface area contributed by atoms with Gasteiger partial charge >= 0.3 is 0 Å². The predicted molar refractivity (Wildman–Crippen MR) is 82.3 cm³/mol. The van der Waals surface area contributed by atoms with E-state index in [1.807, 2.05) is 0 Å². The summed E-state index contributed by atoms with van der Waals surface area (Å²) < 4.78 is 26.6. The van der Waals surface area contributed by atoms with Gasteiger partial charge in [-0.15, -0.1) is 0 Å². The maximum atomic E-state index is 12.0. The first-order chi connectivity index (χ1) is 10.1. The van der Waals surface area contributed by atoms with Crippen LogP contribution in [-0.2, 0) is 10.0 Å². The Morgan fingerprint density at radius 1 is 1.29 bits per heavy atom. The van der Waals surface area contributed by atoms with Gasteiger partial charge in [0.05, 0.1) is 22.7 Å². The van der Waals surface area contributed by atoms with Gasteiger partial charge in [0.2, 0.25) is 10.0 Å². The number of hydrogen-bond donors (Lipinski definition) is 3. The van der Waals surface area contributed by atoms with E-state index in [9.17, 15) is 8.42 Å². The molecule has 1 aromatic rings. The topological polar surface area (TPSA) is 97.1 Å². The quantitative estimate of drug-likeness (QED) is 0.753. The van der Waals surface area contributed by atoms with Crippen LogP contribution in [0, 0.1) is 5.92 Å². The normalized spacial score (nSPS) is 22.0. The van der Waals surface area contributed by atoms with Crippen LogP contribution in [0.3, 0.4) is 0 Å². The molecule has 2 heterocycles. The SMILES string of the molecule is NC(c1cc(NS(=O)(=O)C2CC2)ccn1)C1CCNCC1. The summed E-state index contributed by atoms with van der Waals surface area (Å²) >= 11 is 0. The maximum Gasteiger partial charge on any atom is 0.235 e. The number of sulfonamides is 1. The fourth-order valence-corrected chi connectivity index (χ4v) is 4.14. The highest BCUT2D eigenvalue weighted by molar-refractivity contribution is 7.93. The molecule has 1 aliphatic heterocycles. The Morgan fingerprint density at radius 2 is 2.00 bits per heavy atom. The maximum absolute atomic E-state index is 12.0. The Labute approximate surface area is 125 Å². The van der Waals surface area contributed by atoms with Crippen LogP contribution in [0.5, 0.6) is 0 Å². The first kappa shape index (κ1) is 14.7. The summed E-state index contributed by atoms with van der Waals surface area (Å²) in [6.07, 6.45) is 5.19. The molecule has 1 atom stereocenters. The van der Waals surface area contributed by atoms with E-state index in [0.29, 0.717) is 11.6 Å². The molecular weight excluding hydrogens is 288 g/mol. The van der Waals surface area contributed by atoms with Gasteiger partial charge < -0.3 is 11.1 Å². The molecular formula is C14H22N4O2S. The average Bonchev–Trinajstić information content (AvgIpc) is 3.32. The minimum atomic E-state index is -3.24. The third-order valence-corrected chi connectivity index (χ3v) is 6.11. The van der Waals surface area contributed by atoms with E-state index in [4.69, 9.17) is 5.73 Å². The first-order valence-corrected chi connectivity index (χ1v) is 9.05. The van der Waals surface area contributed by atoms with Crippen LogP contribution >= 0.6 is 0 Å². The van der Waals surface area contributed by atoms with Crippen LogP contribution in [0.2, 0.25) is 0 Å². The Kier molecular flexibility index (Phi) is 4.14. The van der Waals surface area contributed by atoms with Crippen molar-refractivity contribution in [3.63, 3.8) is 0 Å². The van der Waals surface area contributed by atoms with E-state index in [0.717, 1.165) is 44.5 Å². The zero-order valence-electron chi connectivity index (χ0n) is 12.0. The fourth-order valence-electron chi connectivity index (χ4n) is 2.76. The highest BCUT2D eigenvalue weighted by Crippen LogP contribution is 2.31.